The Bertz CT molecular complexity index is 1110. The lowest BCUT2D eigenvalue weighted by Crippen LogP contribution is -2.40. The molecule has 192 valence electrons. The lowest BCUT2D eigenvalue weighted by atomic mass is 10.1. The van der Waals surface area contributed by atoms with E-state index in [9.17, 15) is 13.2 Å². The summed E-state index contributed by atoms with van der Waals surface area (Å²) in [5.41, 5.74) is 1.53. The van der Waals surface area contributed by atoms with Gasteiger partial charge in [0, 0.05) is 38.5 Å². The number of unbranched alkanes of at least 4 members (excludes halogenated alkanes) is 1. The Balaban J connectivity index is 2.13. The number of hydrogen-bond acceptors (Lipinski definition) is 8. The quantitative estimate of drug-likeness (QED) is 0.337. The molecule has 0 aromatic heterocycles. The van der Waals surface area contributed by atoms with Gasteiger partial charge in [0.15, 0.2) is 6.10 Å². The van der Waals surface area contributed by atoms with Crippen LogP contribution in [0.2, 0.25) is 0 Å². The predicted octanol–water partition coefficient (Wildman–Crippen LogP) is 4.31. The van der Waals surface area contributed by atoms with Crippen molar-refractivity contribution in [2.45, 2.75) is 48.1 Å². The van der Waals surface area contributed by atoms with Gasteiger partial charge in [-0.15, -0.1) is 11.8 Å². The van der Waals surface area contributed by atoms with E-state index in [4.69, 9.17) is 14.2 Å². The summed E-state index contributed by atoms with van der Waals surface area (Å²) in [7, 11) is 0.508. The summed E-state index contributed by atoms with van der Waals surface area (Å²) in [5.74, 6) is -0.187. The molecule has 0 spiro atoms. The number of likely N-dealkylation sites (N-methyl/N-ethyl adjacent to an activating group) is 1. The minimum Gasteiger partial charge on any atom is -0.489 e. The minimum absolute atomic E-state index is 0.104. The second-order valence-corrected chi connectivity index (χ2v) is 11.1. The highest BCUT2D eigenvalue weighted by molar-refractivity contribution is 7.98. The molecule has 1 aliphatic rings. The Morgan fingerprint density at radius 3 is 2.51 bits per heavy atom. The number of anilines is 2. The lowest BCUT2D eigenvalue weighted by molar-refractivity contribution is -0.154. The number of hydrogen-bond donors (Lipinski definition) is 0. The van der Waals surface area contributed by atoms with Gasteiger partial charge >= 0.3 is 5.97 Å². The summed E-state index contributed by atoms with van der Waals surface area (Å²) in [6.07, 6.45) is 3.65. The largest absolute Gasteiger partial charge is 0.489 e. The van der Waals surface area contributed by atoms with Crippen LogP contribution >= 0.6 is 11.8 Å². The molecule has 1 unspecified atom stereocenters. The number of carbonyl (C=O) groups is 1. The molecule has 0 fully saturated rings. The van der Waals surface area contributed by atoms with Crippen LogP contribution in [0.25, 0.3) is 0 Å². The molecular weight excluding hydrogens is 488 g/mol. The van der Waals surface area contributed by atoms with E-state index in [-0.39, 0.29) is 17.5 Å². The van der Waals surface area contributed by atoms with Crippen molar-refractivity contribution in [3.63, 3.8) is 0 Å². The van der Waals surface area contributed by atoms with E-state index >= 15 is 0 Å². The van der Waals surface area contributed by atoms with Gasteiger partial charge in [-0.25, -0.2) is 13.2 Å². The molecule has 0 aliphatic carbocycles. The van der Waals surface area contributed by atoms with E-state index in [1.807, 2.05) is 42.7 Å². The van der Waals surface area contributed by atoms with Crippen molar-refractivity contribution in [1.29, 1.82) is 0 Å². The monoisotopic (exact) mass is 522 g/mol. The highest BCUT2D eigenvalue weighted by Gasteiger charge is 2.37. The Labute approximate surface area is 212 Å². The summed E-state index contributed by atoms with van der Waals surface area (Å²) in [4.78, 5) is 14.9. The molecule has 10 heteroatoms. The zero-order valence-corrected chi connectivity index (χ0v) is 22.5. The Kier molecular flexibility index (Phi) is 9.46. The fourth-order valence-corrected chi connectivity index (χ4v) is 6.20. The third kappa shape index (κ3) is 5.94. The van der Waals surface area contributed by atoms with Crippen molar-refractivity contribution in [3.05, 3.63) is 42.5 Å². The lowest BCUT2D eigenvalue weighted by Gasteiger charge is -2.29. The third-order valence-electron chi connectivity index (χ3n) is 6.20. The maximum atomic E-state index is 13.8. The number of benzene rings is 2. The van der Waals surface area contributed by atoms with Crippen LogP contribution in [-0.2, 0) is 24.3 Å². The second kappa shape index (κ2) is 12.1. The fourth-order valence-electron chi connectivity index (χ4n) is 4.09. The summed E-state index contributed by atoms with van der Waals surface area (Å²) >= 11 is 1.44. The minimum atomic E-state index is -3.81. The van der Waals surface area contributed by atoms with Crippen LogP contribution in [0, 0.1) is 0 Å². The molecule has 2 aromatic carbocycles. The molecule has 2 atom stereocenters. The first-order valence-electron chi connectivity index (χ1n) is 11.5. The first kappa shape index (κ1) is 27.3. The molecule has 0 amide bonds. The molecule has 1 heterocycles. The topological polar surface area (TPSA) is 85.4 Å². The van der Waals surface area contributed by atoms with Crippen LogP contribution in [0.4, 0.5) is 11.4 Å². The van der Waals surface area contributed by atoms with Crippen LogP contribution in [0.15, 0.2) is 52.3 Å². The molecule has 3 rings (SSSR count). The van der Waals surface area contributed by atoms with Crippen molar-refractivity contribution in [2.24, 2.45) is 0 Å². The number of thioether (sulfide) groups is 1. The number of ether oxygens (including phenoxy) is 3. The summed E-state index contributed by atoms with van der Waals surface area (Å²) in [5, 5.41) is 0. The highest BCUT2D eigenvalue weighted by atomic mass is 32.2. The zero-order valence-electron chi connectivity index (χ0n) is 20.9. The predicted molar refractivity (Wildman–Crippen MR) is 138 cm³/mol. The number of esters is 1. The number of sulfonamides is 1. The number of carbonyl (C=O) groups excluding carboxylic acids is 1. The van der Waals surface area contributed by atoms with E-state index in [0.29, 0.717) is 18.0 Å². The van der Waals surface area contributed by atoms with E-state index in [2.05, 4.69) is 11.8 Å². The number of rotatable bonds is 10. The molecule has 8 nitrogen and oxygen atoms in total. The summed E-state index contributed by atoms with van der Waals surface area (Å²) in [6.45, 7) is 2.53. The van der Waals surface area contributed by atoms with Gasteiger partial charge in [-0.3, -0.25) is 0 Å². The van der Waals surface area contributed by atoms with E-state index in [1.54, 1.807) is 13.1 Å². The van der Waals surface area contributed by atoms with Crippen LogP contribution < -0.4 is 9.64 Å². The van der Waals surface area contributed by atoms with Crippen molar-refractivity contribution in [3.8, 4) is 5.75 Å². The van der Waals surface area contributed by atoms with Crippen molar-refractivity contribution in [1.82, 2.24) is 4.31 Å². The van der Waals surface area contributed by atoms with Gasteiger partial charge in [-0.1, -0.05) is 38.0 Å². The molecule has 0 saturated carbocycles. The number of methoxy groups -OCH3 is 2. The van der Waals surface area contributed by atoms with Crippen molar-refractivity contribution in [2.75, 3.05) is 45.6 Å². The first-order chi connectivity index (χ1) is 16.8. The Morgan fingerprint density at radius 1 is 1.20 bits per heavy atom. The molecule has 1 aliphatic heterocycles. The van der Waals surface area contributed by atoms with Gasteiger partial charge < -0.3 is 19.1 Å². The van der Waals surface area contributed by atoms with Gasteiger partial charge in [-0.2, -0.15) is 4.31 Å². The van der Waals surface area contributed by atoms with Gasteiger partial charge in [0.25, 0.3) is 0 Å². The van der Waals surface area contributed by atoms with Gasteiger partial charge in [0.2, 0.25) is 10.0 Å². The first-order valence-corrected chi connectivity index (χ1v) is 14.2. The second-order valence-electron chi connectivity index (χ2n) is 8.29. The Hall–Kier alpha value is -2.27. The van der Waals surface area contributed by atoms with Gasteiger partial charge in [0.1, 0.15) is 17.3 Å². The third-order valence-corrected chi connectivity index (χ3v) is 8.90. The molecule has 2 aromatic rings. The van der Waals surface area contributed by atoms with Crippen LogP contribution in [-0.4, -0.2) is 71.5 Å². The molecule has 0 bridgehead atoms. The van der Waals surface area contributed by atoms with E-state index in [1.165, 1.54) is 30.3 Å². The molecular formula is C25H34N2O6S2. The standard InChI is InChI=1S/C25H34N2O6S2/c1-6-7-11-19-16-27(18-12-9-8-10-13-18)20-14-23(34-5)21(15-24(20)35(29,30)26(19)2)33-17-22(31-3)25(28)32-4/h8-10,12-15,19,22H,6-7,11,16-17H2,1-5H3/t19-,22?/m1/s1. The zero-order chi connectivity index (χ0) is 25.6. The molecule has 35 heavy (non-hydrogen) atoms. The Morgan fingerprint density at radius 2 is 1.91 bits per heavy atom. The van der Waals surface area contributed by atoms with Crippen molar-refractivity contribution >= 4 is 39.1 Å². The van der Waals surface area contributed by atoms with Crippen molar-refractivity contribution < 1.29 is 27.4 Å². The fraction of sp³-hybridized carbons (Fsp3) is 0.480. The SMILES string of the molecule is CCCC[C@@H]1CN(c2ccccc2)c2cc(SC)c(OCC(OC)C(=O)OC)cc2S(=O)(=O)N1C. The maximum absolute atomic E-state index is 13.8. The van der Waals surface area contributed by atoms with Gasteiger partial charge in [0.05, 0.1) is 17.7 Å². The number of nitrogens with zero attached hydrogens (tertiary/aromatic N) is 2. The van der Waals surface area contributed by atoms with Gasteiger partial charge in [-0.05, 0) is 30.9 Å². The molecule has 0 radical (unpaired) electrons. The van der Waals surface area contributed by atoms with Crippen LogP contribution in [0.5, 0.6) is 5.75 Å². The smallest absolute Gasteiger partial charge is 0.338 e. The maximum Gasteiger partial charge on any atom is 0.338 e. The summed E-state index contributed by atoms with van der Waals surface area (Å²) in [6, 6.07) is 13.0. The van der Waals surface area contributed by atoms with E-state index < -0.39 is 22.1 Å². The average molecular weight is 523 g/mol. The molecule has 0 saturated heterocycles. The molecule has 0 N–H and O–H groups in total. The van der Waals surface area contributed by atoms with E-state index in [0.717, 1.165) is 29.8 Å². The average Bonchev–Trinajstić information content (AvgIpc) is 2.95. The number of para-hydroxylation sites is 1. The van der Waals surface area contributed by atoms with Crippen LogP contribution in [0.1, 0.15) is 26.2 Å². The van der Waals surface area contributed by atoms with Crippen LogP contribution in [0.3, 0.4) is 0 Å². The number of fused-ring (bicyclic) bond motifs is 1. The highest BCUT2D eigenvalue weighted by Crippen LogP contribution is 2.43. The summed E-state index contributed by atoms with van der Waals surface area (Å²) < 4.78 is 45.0. The normalized spacial score (nSPS) is 18.4.